The molecule has 30 heavy (non-hydrogen) atoms. The van der Waals surface area contributed by atoms with E-state index in [2.05, 4.69) is 41.6 Å². The van der Waals surface area contributed by atoms with Crippen LogP contribution in [0.1, 0.15) is 23.1 Å². The predicted octanol–water partition coefficient (Wildman–Crippen LogP) is 4.61. The van der Waals surface area contributed by atoms with Gasteiger partial charge in [0.1, 0.15) is 0 Å². The number of carbonyl (C=O) groups is 1. The van der Waals surface area contributed by atoms with Crippen molar-refractivity contribution in [1.29, 1.82) is 0 Å². The normalized spacial score (nSPS) is 10.5. The van der Waals surface area contributed by atoms with Gasteiger partial charge in [0.2, 0.25) is 0 Å². The lowest BCUT2D eigenvalue weighted by molar-refractivity contribution is -0.136. The van der Waals surface area contributed by atoms with Crippen LogP contribution in [0.3, 0.4) is 0 Å². The summed E-state index contributed by atoms with van der Waals surface area (Å²) in [5.74, 6) is -0.799. The van der Waals surface area contributed by atoms with E-state index >= 15 is 0 Å². The molecule has 3 rings (SSSR count). The van der Waals surface area contributed by atoms with E-state index in [0.717, 1.165) is 22.3 Å². The molecule has 0 unspecified atom stereocenters. The van der Waals surface area contributed by atoms with E-state index in [1.807, 2.05) is 54.6 Å². The van der Waals surface area contributed by atoms with E-state index in [0.29, 0.717) is 25.4 Å². The maximum absolute atomic E-state index is 10.5. The Hall–Kier alpha value is -3.41. The average molecular weight is 402 g/mol. The maximum atomic E-state index is 10.5. The van der Waals surface area contributed by atoms with Gasteiger partial charge in [-0.3, -0.25) is 15.1 Å². The van der Waals surface area contributed by atoms with E-state index in [-0.39, 0.29) is 6.42 Å². The summed E-state index contributed by atoms with van der Waals surface area (Å²) in [6, 6.07) is 26.4. The molecular formula is C25H26N2O3. The Bertz CT molecular complexity index is 969. The molecule has 0 saturated carbocycles. The van der Waals surface area contributed by atoms with Crippen molar-refractivity contribution < 1.29 is 14.7 Å². The Balaban J connectivity index is 1.46. The molecule has 5 heteroatoms. The number of hydrogen-bond donors (Lipinski definition) is 3. The van der Waals surface area contributed by atoms with E-state index < -0.39 is 5.97 Å². The van der Waals surface area contributed by atoms with Gasteiger partial charge in [0, 0.05) is 13.1 Å². The van der Waals surface area contributed by atoms with E-state index in [4.69, 9.17) is 9.94 Å². The fraction of sp³-hybridized carbons (Fsp3) is 0.160. The second-order valence-corrected chi connectivity index (χ2v) is 6.95. The monoisotopic (exact) mass is 402 g/mol. The quantitative estimate of drug-likeness (QED) is 0.323. The van der Waals surface area contributed by atoms with Gasteiger partial charge in [-0.05, 0) is 33.9 Å². The molecule has 0 aliphatic carbocycles. The molecule has 0 aliphatic heterocycles. The van der Waals surface area contributed by atoms with E-state index in [1.165, 1.54) is 5.56 Å². The van der Waals surface area contributed by atoms with E-state index in [1.54, 1.807) is 0 Å². The molecule has 5 nitrogen and oxygen atoms in total. The summed E-state index contributed by atoms with van der Waals surface area (Å²) >= 11 is 0. The Kier molecular flexibility index (Phi) is 7.78. The molecule has 154 valence electrons. The topological polar surface area (TPSA) is 70.6 Å². The van der Waals surface area contributed by atoms with Crippen LogP contribution in [0.2, 0.25) is 0 Å². The summed E-state index contributed by atoms with van der Waals surface area (Å²) in [5.41, 5.74) is 9.01. The minimum absolute atomic E-state index is 0.115. The first-order valence-electron chi connectivity index (χ1n) is 9.85. The van der Waals surface area contributed by atoms with Crippen molar-refractivity contribution in [2.75, 3.05) is 6.54 Å². The van der Waals surface area contributed by atoms with Gasteiger partial charge in [-0.2, -0.15) is 0 Å². The van der Waals surface area contributed by atoms with Crippen molar-refractivity contribution in [2.45, 2.75) is 19.6 Å². The van der Waals surface area contributed by atoms with Crippen molar-refractivity contribution in [3.05, 3.63) is 102 Å². The highest BCUT2D eigenvalue weighted by atomic mass is 16.6. The number of rotatable bonds is 11. The van der Waals surface area contributed by atoms with Crippen LogP contribution in [0.25, 0.3) is 16.8 Å². The summed E-state index contributed by atoms with van der Waals surface area (Å²) in [6.45, 7) is 5.53. The number of hydroxylamine groups is 1. The molecule has 0 amide bonds. The second kappa shape index (κ2) is 11.0. The molecule has 0 fully saturated rings. The number of carboxylic acids is 1. The molecule has 0 atom stereocenters. The Morgan fingerprint density at radius 2 is 1.63 bits per heavy atom. The molecule has 0 aromatic heterocycles. The molecular weight excluding hydrogens is 376 g/mol. The van der Waals surface area contributed by atoms with Crippen molar-refractivity contribution in [3.63, 3.8) is 0 Å². The summed E-state index contributed by atoms with van der Waals surface area (Å²) in [5, 5.41) is 11.8. The van der Waals surface area contributed by atoms with E-state index in [9.17, 15) is 4.79 Å². The average Bonchev–Trinajstić information content (AvgIpc) is 2.78. The van der Waals surface area contributed by atoms with Crippen LogP contribution in [0.15, 0.2) is 85.4 Å². The van der Waals surface area contributed by atoms with Gasteiger partial charge in [-0.15, -0.1) is 0 Å². The summed E-state index contributed by atoms with van der Waals surface area (Å²) in [7, 11) is 0. The first-order chi connectivity index (χ1) is 14.6. The Morgan fingerprint density at radius 1 is 0.900 bits per heavy atom. The van der Waals surface area contributed by atoms with Crippen LogP contribution in [0, 0.1) is 0 Å². The van der Waals surface area contributed by atoms with Gasteiger partial charge in [0.25, 0.3) is 0 Å². The summed E-state index contributed by atoms with van der Waals surface area (Å²) in [4.78, 5) is 16.2. The summed E-state index contributed by atoms with van der Waals surface area (Å²) < 4.78 is 0. The van der Waals surface area contributed by atoms with Gasteiger partial charge in [-0.25, -0.2) is 0 Å². The zero-order valence-corrected chi connectivity index (χ0v) is 16.8. The van der Waals surface area contributed by atoms with Crippen molar-refractivity contribution >= 4 is 11.7 Å². The third kappa shape index (κ3) is 6.58. The largest absolute Gasteiger partial charge is 0.481 e. The molecule has 0 spiro atoms. The maximum Gasteiger partial charge on any atom is 0.304 e. The number of aliphatic carboxylic acids is 1. The van der Waals surface area contributed by atoms with Crippen molar-refractivity contribution in [2.24, 2.45) is 0 Å². The minimum Gasteiger partial charge on any atom is -0.481 e. The highest BCUT2D eigenvalue weighted by Gasteiger charge is 2.03. The molecule has 0 radical (unpaired) electrons. The lowest BCUT2D eigenvalue weighted by Gasteiger charge is -2.12. The Morgan fingerprint density at radius 3 is 2.37 bits per heavy atom. The third-order valence-electron chi connectivity index (χ3n) is 4.62. The second-order valence-electron chi connectivity index (χ2n) is 6.95. The van der Waals surface area contributed by atoms with Gasteiger partial charge in [0.15, 0.2) is 0 Å². The van der Waals surface area contributed by atoms with Crippen LogP contribution in [0.5, 0.6) is 0 Å². The smallest absolute Gasteiger partial charge is 0.304 e. The van der Waals surface area contributed by atoms with Gasteiger partial charge in [-0.1, -0.05) is 79.4 Å². The first-order valence-corrected chi connectivity index (χ1v) is 9.85. The van der Waals surface area contributed by atoms with Crippen molar-refractivity contribution in [1.82, 2.24) is 10.8 Å². The zero-order chi connectivity index (χ0) is 21.2. The zero-order valence-electron chi connectivity index (χ0n) is 16.8. The molecule has 0 aliphatic rings. The number of carboxylic acid groups (broad SMARTS) is 1. The Labute approximate surface area is 177 Å². The van der Waals surface area contributed by atoms with Gasteiger partial charge >= 0.3 is 5.97 Å². The molecule has 0 bridgehead atoms. The highest BCUT2D eigenvalue weighted by Crippen LogP contribution is 2.20. The number of hydrogen-bond acceptors (Lipinski definition) is 4. The fourth-order valence-corrected chi connectivity index (χ4v) is 2.99. The van der Waals surface area contributed by atoms with Crippen molar-refractivity contribution in [3.8, 4) is 11.1 Å². The molecule has 3 N–H and O–H groups in total. The minimum atomic E-state index is -0.799. The number of benzene rings is 3. The van der Waals surface area contributed by atoms with Crippen LogP contribution in [-0.2, 0) is 22.8 Å². The highest BCUT2D eigenvalue weighted by molar-refractivity contribution is 5.67. The lowest BCUT2D eigenvalue weighted by atomic mass is 10.0. The van der Waals surface area contributed by atoms with Crippen LogP contribution in [-0.4, -0.2) is 17.6 Å². The molecule has 0 saturated heterocycles. The SMILES string of the molecule is C=C(NOCc1cccc(-c2ccccc2)c1)c1ccc(CNCCC(=O)O)cc1. The lowest BCUT2D eigenvalue weighted by Crippen LogP contribution is -2.17. The molecule has 3 aromatic carbocycles. The standard InChI is InChI=1S/C25H26N2O3/c1-19(22-12-10-20(11-13-22)17-26-15-14-25(28)29)27-30-18-21-6-5-9-24(16-21)23-7-3-2-4-8-23/h2-13,16,26-27H,1,14-15,17-18H2,(H,28,29). The van der Waals surface area contributed by atoms with Gasteiger partial charge < -0.3 is 10.4 Å². The van der Waals surface area contributed by atoms with Crippen LogP contribution in [0.4, 0.5) is 0 Å². The third-order valence-corrected chi connectivity index (χ3v) is 4.62. The van der Waals surface area contributed by atoms with Crippen LogP contribution >= 0.6 is 0 Å². The predicted molar refractivity (Wildman–Crippen MR) is 119 cm³/mol. The summed E-state index contributed by atoms with van der Waals surface area (Å²) in [6.07, 6.45) is 0.115. The first kappa shape index (κ1) is 21.3. The van der Waals surface area contributed by atoms with Gasteiger partial charge in [0.05, 0.1) is 18.7 Å². The van der Waals surface area contributed by atoms with Crippen LogP contribution < -0.4 is 10.8 Å². The molecule has 3 aromatic rings. The fourth-order valence-electron chi connectivity index (χ4n) is 2.99. The molecule has 0 heterocycles. The number of nitrogens with one attached hydrogen (secondary N) is 2.